The number of benzene rings is 1. The van der Waals surface area contributed by atoms with Crippen molar-refractivity contribution in [3.63, 3.8) is 0 Å². The first kappa shape index (κ1) is 20.3. The number of hydrogen-bond acceptors (Lipinski definition) is 2. The van der Waals surface area contributed by atoms with E-state index in [0.29, 0.717) is 19.6 Å². The van der Waals surface area contributed by atoms with E-state index in [4.69, 9.17) is 0 Å². The smallest absolute Gasteiger partial charge is 0.219 e. The molecule has 0 saturated carbocycles. The predicted octanol–water partition coefficient (Wildman–Crippen LogP) is 1.42. The monoisotopic (exact) mass is 386 g/mol. The van der Waals surface area contributed by atoms with Crippen LogP contribution in [-0.4, -0.2) is 53.9 Å². The van der Waals surface area contributed by atoms with Crippen LogP contribution in [0.2, 0.25) is 0 Å². The molecule has 0 bridgehead atoms. The molecule has 1 aliphatic rings. The van der Waals surface area contributed by atoms with E-state index in [-0.39, 0.29) is 17.5 Å². The predicted molar refractivity (Wildman–Crippen MR) is 106 cm³/mol. The summed E-state index contributed by atoms with van der Waals surface area (Å²) in [4.78, 5) is 27.4. The first-order chi connectivity index (χ1) is 13.3. The van der Waals surface area contributed by atoms with Crippen molar-refractivity contribution in [1.29, 1.82) is 0 Å². The molecule has 1 fully saturated rings. The van der Waals surface area contributed by atoms with Gasteiger partial charge in [0.05, 0.1) is 26.2 Å². The van der Waals surface area contributed by atoms with E-state index in [9.17, 15) is 14.0 Å². The van der Waals surface area contributed by atoms with Crippen molar-refractivity contribution in [3.8, 4) is 0 Å². The summed E-state index contributed by atoms with van der Waals surface area (Å²) in [7, 11) is 0. The lowest BCUT2D eigenvalue weighted by Crippen LogP contribution is -3.15. The molecule has 28 heavy (non-hydrogen) atoms. The first-order valence-corrected chi connectivity index (χ1v) is 9.88. The van der Waals surface area contributed by atoms with Gasteiger partial charge in [0.1, 0.15) is 12.4 Å². The number of Topliss-reactive ketones (excluding diaryl/α,β-unsaturated/α-hetero) is 1. The van der Waals surface area contributed by atoms with Crippen LogP contribution in [0.3, 0.4) is 0 Å². The number of carbonyl (C=O) groups is 2. The highest BCUT2D eigenvalue weighted by Gasteiger charge is 2.25. The zero-order valence-corrected chi connectivity index (χ0v) is 16.9. The van der Waals surface area contributed by atoms with E-state index in [0.717, 1.165) is 48.6 Å². The minimum absolute atomic E-state index is 0.107. The molecular weight excluding hydrogens is 357 g/mol. The quantitative estimate of drug-likeness (QED) is 0.764. The van der Waals surface area contributed by atoms with Crippen LogP contribution in [0, 0.1) is 19.7 Å². The highest BCUT2D eigenvalue weighted by molar-refractivity contribution is 5.98. The summed E-state index contributed by atoms with van der Waals surface area (Å²) >= 11 is 0. The number of rotatable bonds is 6. The summed E-state index contributed by atoms with van der Waals surface area (Å²) in [5, 5.41) is 0. The lowest BCUT2D eigenvalue weighted by molar-refractivity contribution is -0.895. The zero-order valence-electron chi connectivity index (χ0n) is 16.9. The van der Waals surface area contributed by atoms with Crippen LogP contribution in [0.25, 0.3) is 0 Å². The molecule has 150 valence electrons. The van der Waals surface area contributed by atoms with Crippen molar-refractivity contribution < 1.29 is 18.9 Å². The fraction of sp³-hybridized carbons (Fsp3) is 0.455. The summed E-state index contributed by atoms with van der Waals surface area (Å²) in [5.74, 6) is 0.0408. The van der Waals surface area contributed by atoms with Crippen LogP contribution < -0.4 is 4.90 Å². The Kier molecular flexibility index (Phi) is 6.29. The molecule has 1 aliphatic heterocycles. The second-order valence-electron chi connectivity index (χ2n) is 7.67. The van der Waals surface area contributed by atoms with E-state index >= 15 is 0 Å². The van der Waals surface area contributed by atoms with Crippen molar-refractivity contribution in [2.24, 2.45) is 0 Å². The number of piperazine rings is 1. The number of quaternary nitrogens is 1. The first-order valence-electron chi connectivity index (χ1n) is 9.88. The minimum Gasteiger partial charge on any atom is -0.348 e. The lowest BCUT2D eigenvalue weighted by Gasteiger charge is -2.31. The second kappa shape index (κ2) is 8.69. The standard InChI is InChI=1S/C22H28FN3O2/c1-16-14-21(22(28)15-24-10-12-25(13-11-24)18(3)27)17(2)26(16)9-8-19-4-6-20(23)7-5-19/h4-7,14H,8-13,15H2,1-3H3/p+1. The Hall–Kier alpha value is -2.47. The third-order valence-corrected chi connectivity index (χ3v) is 5.74. The van der Waals surface area contributed by atoms with Gasteiger partial charge in [0.15, 0.2) is 0 Å². The molecule has 0 atom stereocenters. The number of ketones is 1. The van der Waals surface area contributed by atoms with Gasteiger partial charge in [-0.3, -0.25) is 9.59 Å². The molecule has 0 spiro atoms. The van der Waals surface area contributed by atoms with Crippen molar-refractivity contribution in [3.05, 3.63) is 58.7 Å². The normalized spacial score (nSPS) is 15.1. The third kappa shape index (κ3) is 4.68. The molecule has 2 aromatic rings. The number of amides is 1. The summed E-state index contributed by atoms with van der Waals surface area (Å²) < 4.78 is 15.2. The van der Waals surface area contributed by atoms with E-state index in [1.165, 1.54) is 17.0 Å². The summed E-state index contributed by atoms with van der Waals surface area (Å²) in [6.07, 6.45) is 0.794. The third-order valence-electron chi connectivity index (χ3n) is 5.74. The molecule has 0 radical (unpaired) electrons. The van der Waals surface area contributed by atoms with Crippen LogP contribution in [0.5, 0.6) is 0 Å². The van der Waals surface area contributed by atoms with Gasteiger partial charge in [-0.1, -0.05) is 12.1 Å². The molecule has 1 saturated heterocycles. The highest BCUT2D eigenvalue weighted by atomic mass is 19.1. The highest BCUT2D eigenvalue weighted by Crippen LogP contribution is 2.17. The number of aromatic nitrogens is 1. The van der Waals surface area contributed by atoms with E-state index < -0.39 is 0 Å². The van der Waals surface area contributed by atoms with Gasteiger partial charge in [0.2, 0.25) is 11.7 Å². The Labute approximate surface area is 165 Å². The molecule has 0 aliphatic carbocycles. The molecular formula is C22H29FN3O2+. The Morgan fingerprint density at radius 2 is 1.75 bits per heavy atom. The molecule has 0 unspecified atom stereocenters. The van der Waals surface area contributed by atoms with Gasteiger partial charge in [-0.2, -0.15) is 0 Å². The number of aryl methyl sites for hydroxylation is 2. The topological polar surface area (TPSA) is 46.8 Å². The molecule has 1 N–H and O–H groups in total. The van der Waals surface area contributed by atoms with Gasteiger partial charge in [-0.15, -0.1) is 0 Å². The molecule has 3 rings (SSSR count). The van der Waals surface area contributed by atoms with Crippen molar-refractivity contribution in [1.82, 2.24) is 9.47 Å². The fourth-order valence-corrected chi connectivity index (χ4v) is 3.96. The maximum atomic E-state index is 13.1. The molecule has 5 nitrogen and oxygen atoms in total. The maximum absolute atomic E-state index is 13.1. The van der Waals surface area contributed by atoms with Crippen LogP contribution in [0.4, 0.5) is 4.39 Å². The molecule has 2 heterocycles. The van der Waals surface area contributed by atoms with Gasteiger partial charge in [-0.25, -0.2) is 4.39 Å². The van der Waals surface area contributed by atoms with Gasteiger partial charge >= 0.3 is 0 Å². The average Bonchev–Trinajstić information content (AvgIpc) is 2.96. The second-order valence-corrected chi connectivity index (χ2v) is 7.67. The SMILES string of the molecule is CC(=O)N1CC[NH+](CC(=O)c2cc(C)n(CCc3ccc(F)cc3)c2C)CC1. The maximum Gasteiger partial charge on any atom is 0.219 e. The van der Waals surface area contributed by atoms with Crippen LogP contribution in [0.15, 0.2) is 30.3 Å². The van der Waals surface area contributed by atoms with Crippen molar-refractivity contribution in [2.75, 3.05) is 32.7 Å². The van der Waals surface area contributed by atoms with Crippen LogP contribution in [-0.2, 0) is 17.8 Å². The molecule has 6 heteroatoms. The van der Waals surface area contributed by atoms with Crippen LogP contribution >= 0.6 is 0 Å². The Balaban J connectivity index is 1.61. The lowest BCUT2D eigenvalue weighted by atomic mass is 10.1. The van der Waals surface area contributed by atoms with Gasteiger partial charge in [0, 0.05) is 30.4 Å². The molecule has 1 aromatic heterocycles. The Bertz CT molecular complexity index is 849. The van der Waals surface area contributed by atoms with Gasteiger partial charge in [-0.05, 0) is 44.0 Å². The van der Waals surface area contributed by atoms with Gasteiger partial charge < -0.3 is 14.4 Å². The number of hydrogen-bond donors (Lipinski definition) is 1. The molecule has 1 amide bonds. The minimum atomic E-state index is -0.225. The fourth-order valence-electron chi connectivity index (χ4n) is 3.96. The number of carbonyl (C=O) groups excluding carboxylic acids is 2. The summed E-state index contributed by atoms with van der Waals surface area (Å²) in [6.45, 7) is 9.90. The van der Waals surface area contributed by atoms with Crippen molar-refractivity contribution >= 4 is 11.7 Å². The largest absolute Gasteiger partial charge is 0.348 e. The Morgan fingerprint density at radius 3 is 2.36 bits per heavy atom. The van der Waals surface area contributed by atoms with Gasteiger partial charge in [0.25, 0.3) is 0 Å². The van der Waals surface area contributed by atoms with E-state index in [2.05, 4.69) is 4.57 Å². The molecule has 1 aromatic carbocycles. The zero-order chi connectivity index (χ0) is 20.3. The summed E-state index contributed by atoms with van der Waals surface area (Å²) in [5.41, 5.74) is 3.93. The number of nitrogens with one attached hydrogen (secondary N) is 1. The van der Waals surface area contributed by atoms with Crippen LogP contribution in [0.1, 0.15) is 34.2 Å². The summed E-state index contributed by atoms with van der Waals surface area (Å²) in [6, 6.07) is 8.55. The van der Waals surface area contributed by atoms with Crippen molar-refractivity contribution in [2.45, 2.75) is 33.7 Å². The number of halogens is 1. The van der Waals surface area contributed by atoms with E-state index in [1.54, 1.807) is 19.1 Å². The number of nitrogens with zero attached hydrogens (tertiary/aromatic N) is 2. The Morgan fingerprint density at radius 1 is 1.11 bits per heavy atom. The average molecular weight is 386 g/mol. The van der Waals surface area contributed by atoms with E-state index in [1.807, 2.05) is 24.8 Å².